The van der Waals surface area contributed by atoms with Gasteiger partial charge < -0.3 is 18.9 Å². The Morgan fingerprint density at radius 1 is 1.08 bits per heavy atom. The lowest BCUT2D eigenvalue weighted by atomic mass is 9.86. The molecule has 1 amide bonds. The summed E-state index contributed by atoms with van der Waals surface area (Å²) in [6.07, 6.45) is -0.384. The number of amides is 1. The first-order chi connectivity index (χ1) is 12.5. The van der Waals surface area contributed by atoms with Crippen LogP contribution in [0.25, 0.3) is 0 Å². The molecule has 26 heavy (non-hydrogen) atoms. The number of hydrogen-bond acceptors (Lipinski definition) is 6. The summed E-state index contributed by atoms with van der Waals surface area (Å²) in [5.74, 6) is 1.11. The van der Waals surface area contributed by atoms with E-state index in [9.17, 15) is 9.59 Å². The number of benzene rings is 2. The SMILES string of the molecule is COC(=O)Nc1ccc2c(c1)C(c1ccc(OC)c(OC)c1)CC(=O)O2. The summed E-state index contributed by atoms with van der Waals surface area (Å²) in [4.78, 5) is 23.5. The highest BCUT2D eigenvalue weighted by atomic mass is 16.5. The second-order valence-corrected chi connectivity index (χ2v) is 5.71. The van der Waals surface area contributed by atoms with Crippen LogP contribution in [0.1, 0.15) is 23.5 Å². The van der Waals surface area contributed by atoms with Crippen molar-refractivity contribution < 1.29 is 28.5 Å². The molecule has 7 nitrogen and oxygen atoms in total. The summed E-state index contributed by atoms with van der Waals surface area (Å²) >= 11 is 0. The molecule has 2 aromatic carbocycles. The van der Waals surface area contributed by atoms with Crippen LogP contribution in [0.4, 0.5) is 10.5 Å². The van der Waals surface area contributed by atoms with E-state index in [2.05, 4.69) is 10.1 Å². The topological polar surface area (TPSA) is 83.1 Å². The van der Waals surface area contributed by atoms with Gasteiger partial charge in [-0.2, -0.15) is 0 Å². The van der Waals surface area contributed by atoms with Crippen molar-refractivity contribution >= 4 is 17.7 Å². The Morgan fingerprint density at radius 2 is 1.85 bits per heavy atom. The fourth-order valence-corrected chi connectivity index (χ4v) is 2.97. The normalized spacial score (nSPS) is 15.5. The molecule has 0 fully saturated rings. The van der Waals surface area contributed by atoms with Crippen molar-refractivity contribution in [1.82, 2.24) is 0 Å². The molecule has 0 aliphatic carbocycles. The van der Waals surface area contributed by atoms with Gasteiger partial charge in [-0.25, -0.2) is 4.79 Å². The molecule has 0 saturated carbocycles. The second kappa shape index (κ2) is 7.35. The minimum absolute atomic E-state index is 0.185. The molecule has 1 unspecified atom stereocenters. The summed E-state index contributed by atoms with van der Waals surface area (Å²) in [7, 11) is 4.42. The van der Waals surface area contributed by atoms with Gasteiger partial charge in [0.25, 0.3) is 0 Å². The van der Waals surface area contributed by atoms with Gasteiger partial charge >= 0.3 is 12.1 Å². The number of esters is 1. The zero-order valence-corrected chi connectivity index (χ0v) is 14.7. The predicted molar refractivity (Wildman–Crippen MR) is 94.1 cm³/mol. The van der Waals surface area contributed by atoms with Crippen molar-refractivity contribution in [3.63, 3.8) is 0 Å². The van der Waals surface area contributed by atoms with E-state index in [1.54, 1.807) is 38.5 Å². The third-order valence-corrected chi connectivity index (χ3v) is 4.22. The van der Waals surface area contributed by atoms with Crippen LogP contribution in [0.15, 0.2) is 36.4 Å². The predicted octanol–water partition coefficient (Wildman–Crippen LogP) is 3.32. The van der Waals surface area contributed by atoms with E-state index < -0.39 is 6.09 Å². The minimum atomic E-state index is -0.569. The van der Waals surface area contributed by atoms with Gasteiger partial charge in [-0.05, 0) is 35.9 Å². The van der Waals surface area contributed by atoms with Crippen LogP contribution in [0.2, 0.25) is 0 Å². The van der Waals surface area contributed by atoms with Gasteiger partial charge in [-0.1, -0.05) is 6.07 Å². The molecular formula is C19H19NO6. The van der Waals surface area contributed by atoms with E-state index in [-0.39, 0.29) is 18.3 Å². The van der Waals surface area contributed by atoms with E-state index in [4.69, 9.17) is 14.2 Å². The van der Waals surface area contributed by atoms with E-state index in [1.807, 2.05) is 12.1 Å². The molecule has 1 atom stereocenters. The monoisotopic (exact) mass is 357 g/mol. The lowest BCUT2D eigenvalue weighted by Gasteiger charge is -2.26. The Hall–Kier alpha value is -3.22. The fraction of sp³-hybridized carbons (Fsp3) is 0.263. The van der Waals surface area contributed by atoms with Crippen LogP contribution < -0.4 is 19.5 Å². The number of carbonyl (C=O) groups is 2. The Morgan fingerprint density at radius 3 is 2.54 bits per heavy atom. The van der Waals surface area contributed by atoms with Gasteiger partial charge in [-0.15, -0.1) is 0 Å². The Labute approximate surface area is 150 Å². The number of hydrogen-bond donors (Lipinski definition) is 1. The lowest BCUT2D eigenvalue weighted by Crippen LogP contribution is -2.21. The summed E-state index contributed by atoms with van der Waals surface area (Å²) in [6, 6.07) is 10.6. The molecule has 2 aromatic rings. The van der Waals surface area contributed by atoms with Crippen molar-refractivity contribution in [2.75, 3.05) is 26.6 Å². The standard InChI is InChI=1S/C19H19NO6/c1-23-16-6-4-11(8-17(16)24-2)13-10-18(21)26-15-7-5-12(9-14(13)15)20-19(22)25-3/h4-9,13H,10H2,1-3H3,(H,20,22). The molecule has 0 saturated heterocycles. The molecule has 1 N–H and O–H groups in total. The van der Waals surface area contributed by atoms with Gasteiger partial charge in [-0.3, -0.25) is 10.1 Å². The average Bonchev–Trinajstić information content (AvgIpc) is 2.66. The molecule has 1 aliphatic rings. The molecule has 1 aliphatic heterocycles. The molecule has 136 valence electrons. The Kier molecular flexibility index (Phi) is 4.97. The zero-order valence-electron chi connectivity index (χ0n) is 14.7. The maximum Gasteiger partial charge on any atom is 0.411 e. The fourth-order valence-electron chi connectivity index (χ4n) is 2.97. The number of fused-ring (bicyclic) bond motifs is 1. The van der Waals surface area contributed by atoms with Crippen LogP contribution in [-0.4, -0.2) is 33.4 Å². The Bertz CT molecular complexity index is 848. The molecule has 1 heterocycles. The minimum Gasteiger partial charge on any atom is -0.493 e. The molecule has 3 rings (SSSR count). The van der Waals surface area contributed by atoms with Gasteiger partial charge in [0.15, 0.2) is 11.5 Å². The van der Waals surface area contributed by atoms with Crippen LogP contribution in [0, 0.1) is 0 Å². The van der Waals surface area contributed by atoms with Gasteiger partial charge in [0.1, 0.15) is 5.75 Å². The largest absolute Gasteiger partial charge is 0.493 e. The number of nitrogens with one attached hydrogen (secondary N) is 1. The average molecular weight is 357 g/mol. The van der Waals surface area contributed by atoms with Crippen molar-refractivity contribution in [1.29, 1.82) is 0 Å². The van der Waals surface area contributed by atoms with Crippen LogP contribution in [0.3, 0.4) is 0 Å². The quantitative estimate of drug-likeness (QED) is 0.668. The van der Waals surface area contributed by atoms with E-state index in [0.29, 0.717) is 22.9 Å². The smallest absolute Gasteiger partial charge is 0.411 e. The summed E-state index contributed by atoms with van der Waals surface area (Å²) in [6.45, 7) is 0. The maximum atomic E-state index is 12.0. The van der Waals surface area contributed by atoms with Crippen LogP contribution in [0.5, 0.6) is 17.2 Å². The highest BCUT2D eigenvalue weighted by molar-refractivity contribution is 5.85. The van der Waals surface area contributed by atoms with E-state index >= 15 is 0 Å². The molecule has 0 spiro atoms. The van der Waals surface area contributed by atoms with Crippen LogP contribution >= 0.6 is 0 Å². The molecule has 0 aromatic heterocycles. The van der Waals surface area contributed by atoms with Gasteiger partial charge in [0.2, 0.25) is 0 Å². The molecule has 0 bridgehead atoms. The molecule has 7 heteroatoms. The number of carbonyl (C=O) groups excluding carboxylic acids is 2. The summed E-state index contributed by atoms with van der Waals surface area (Å²) in [5, 5.41) is 2.62. The number of methoxy groups -OCH3 is 3. The maximum absolute atomic E-state index is 12.0. The third kappa shape index (κ3) is 3.42. The van der Waals surface area contributed by atoms with Crippen molar-refractivity contribution in [2.45, 2.75) is 12.3 Å². The Balaban J connectivity index is 2.02. The molecular weight excluding hydrogens is 338 g/mol. The molecule has 0 radical (unpaired) electrons. The van der Waals surface area contributed by atoms with Crippen molar-refractivity contribution in [3.8, 4) is 17.2 Å². The van der Waals surface area contributed by atoms with Gasteiger partial charge in [0, 0.05) is 17.2 Å². The van der Waals surface area contributed by atoms with Crippen molar-refractivity contribution in [2.24, 2.45) is 0 Å². The lowest BCUT2D eigenvalue weighted by molar-refractivity contribution is -0.135. The number of ether oxygens (including phenoxy) is 4. The zero-order chi connectivity index (χ0) is 18.7. The number of rotatable bonds is 4. The highest BCUT2D eigenvalue weighted by Gasteiger charge is 2.29. The van der Waals surface area contributed by atoms with E-state index in [1.165, 1.54) is 7.11 Å². The summed E-state index contributed by atoms with van der Waals surface area (Å²) < 4.78 is 20.6. The first kappa shape index (κ1) is 17.6. The third-order valence-electron chi connectivity index (χ3n) is 4.22. The van der Waals surface area contributed by atoms with Crippen molar-refractivity contribution in [3.05, 3.63) is 47.5 Å². The van der Waals surface area contributed by atoms with E-state index in [0.717, 1.165) is 11.1 Å². The first-order valence-electron chi connectivity index (χ1n) is 7.97. The second-order valence-electron chi connectivity index (χ2n) is 5.71. The highest BCUT2D eigenvalue weighted by Crippen LogP contribution is 2.42. The van der Waals surface area contributed by atoms with Gasteiger partial charge in [0.05, 0.1) is 27.8 Å². The summed E-state index contributed by atoms with van der Waals surface area (Å²) in [5.41, 5.74) is 2.24. The van der Waals surface area contributed by atoms with Crippen LogP contribution in [-0.2, 0) is 9.53 Å². The number of anilines is 1. The first-order valence-corrected chi connectivity index (χ1v) is 7.97.